The van der Waals surface area contributed by atoms with Gasteiger partial charge in [-0.1, -0.05) is 6.92 Å². The van der Waals surface area contributed by atoms with Crippen LogP contribution in [0.15, 0.2) is 18.3 Å². The second kappa shape index (κ2) is 5.43. The molecule has 2 rings (SSSR count). The summed E-state index contributed by atoms with van der Waals surface area (Å²) in [7, 11) is 0. The molecule has 88 valence electrons. The van der Waals surface area contributed by atoms with Gasteiger partial charge >= 0.3 is 0 Å². The van der Waals surface area contributed by atoms with Crippen molar-refractivity contribution in [2.45, 2.75) is 37.5 Å². The van der Waals surface area contributed by atoms with E-state index in [1.807, 2.05) is 12.1 Å². The molecule has 1 aromatic heterocycles. The molecule has 1 fully saturated rings. The molecule has 0 saturated heterocycles. The fourth-order valence-corrected chi connectivity index (χ4v) is 3.33. The predicted octanol–water partition coefficient (Wildman–Crippen LogP) is 2.75. The van der Waals surface area contributed by atoms with E-state index in [0.29, 0.717) is 6.04 Å². The molecular weight excluding hydrogens is 218 g/mol. The van der Waals surface area contributed by atoms with Crippen LogP contribution in [-0.2, 0) is 0 Å². The topological polar surface area (TPSA) is 50.9 Å². The second-order valence-corrected chi connectivity index (χ2v) is 5.75. The van der Waals surface area contributed by atoms with Gasteiger partial charge in [-0.25, -0.2) is 4.98 Å². The molecule has 0 aliphatic heterocycles. The smallest absolute Gasteiger partial charge is 0.149 e. The van der Waals surface area contributed by atoms with Crippen LogP contribution in [0.2, 0.25) is 0 Å². The van der Waals surface area contributed by atoms with E-state index in [1.165, 1.54) is 25.0 Å². The van der Waals surface area contributed by atoms with Crippen LogP contribution in [-0.4, -0.2) is 22.0 Å². The van der Waals surface area contributed by atoms with Gasteiger partial charge in [0.15, 0.2) is 0 Å². The van der Waals surface area contributed by atoms with E-state index in [1.54, 1.807) is 6.20 Å². The Morgan fingerprint density at radius 2 is 2.44 bits per heavy atom. The number of nitrogens with zero attached hydrogens (tertiary/aromatic N) is 1. The number of nitrogens with one attached hydrogen (secondary N) is 1. The Morgan fingerprint density at radius 1 is 1.56 bits per heavy atom. The van der Waals surface area contributed by atoms with Crippen LogP contribution in [0.4, 0.5) is 11.5 Å². The van der Waals surface area contributed by atoms with Gasteiger partial charge in [0.2, 0.25) is 0 Å². The highest BCUT2D eigenvalue weighted by Crippen LogP contribution is 2.31. The maximum Gasteiger partial charge on any atom is 0.149 e. The van der Waals surface area contributed by atoms with Gasteiger partial charge in [0, 0.05) is 17.5 Å². The number of rotatable bonds is 4. The van der Waals surface area contributed by atoms with Crippen molar-refractivity contribution in [3.05, 3.63) is 18.3 Å². The molecule has 2 atom stereocenters. The summed E-state index contributed by atoms with van der Waals surface area (Å²) in [5, 5.41) is 4.26. The van der Waals surface area contributed by atoms with Crippen LogP contribution < -0.4 is 11.1 Å². The predicted molar refractivity (Wildman–Crippen MR) is 71.8 cm³/mol. The maximum absolute atomic E-state index is 5.86. The first-order chi connectivity index (χ1) is 7.79. The number of hydrogen-bond donors (Lipinski definition) is 2. The Labute approximate surface area is 101 Å². The molecule has 1 saturated carbocycles. The molecule has 1 heterocycles. The minimum Gasteiger partial charge on any atom is -0.396 e. The molecular formula is C12H19N3S. The Morgan fingerprint density at radius 3 is 3.19 bits per heavy atom. The molecule has 0 aromatic carbocycles. The number of thioether (sulfide) groups is 1. The Balaban J connectivity index is 1.90. The Hall–Kier alpha value is -0.900. The van der Waals surface area contributed by atoms with Crippen molar-refractivity contribution in [3.8, 4) is 0 Å². The number of hydrogen-bond acceptors (Lipinski definition) is 4. The lowest BCUT2D eigenvalue weighted by Crippen LogP contribution is -2.17. The Kier molecular flexibility index (Phi) is 3.93. The SMILES string of the molecule is CCSC1CCC(Nc2ncccc2N)C1. The summed E-state index contributed by atoms with van der Waals surface area (Å²) in [5.41, 5.74) is 6.61. The average molecular weight is 237 g/mol. The fraction of sp³-hybridized carbons (Fsp3) is 0.583. The van der Waals surface area contributed by atoms with Gasteiger partial charge in [-0.2, -0.15) is 11.8 Å². The first-order valence-corrected chi connectivity index (χ1v) is 6.93. The molecule has 2 unspecified atom stereocenters. The van der Waals surface area contributed by atoms with Crippen LogP contribution in [0.3, 0.4) is 0 Å². The number of pyridine rings is 1. The highest BCUT2D eigenvalue weighted by molar-refractivity contribution is 7.99. The van der Waals surface area contributed by atoms with Gasteiger partial charge in [-0.05, 0) is 37.1 Å². The van der Waals surface area contributed by atoms with Crippen molar-refractivity contribution in [2.24, 2.45) is 0 Å². The summed E-state index contributed by atoms with van der Waals surface area (Å²) in [6.07, 6.45) is 5.55. The van der Waals surface area contributed by atoms with Crippen LogP contribution in [0, 0.1) is 0 Å². The van der Waals surface area contributed by atoms with Crippen molar-refractivity contribution in [1.29, 1.82) is 0 Å². The first-order valence-electron chi connectivity index (χ1n) is 5.88. The van der Waals surface area contributed by atoms with Gasteiger partial charge in [0.25, 0.3) is 0 Å². The normalized spacial score (nSPS) is 24.6. The number of anilines is 2. The van der Waals surface area contributed by atoms with E-state index in [4.69, 9.17) is 5.73 Å². The zero-order chi connectivity index (χ0) is 11.4. The molecule has 4 heteroatoms. The maximum atomic E-state index is 5.86. The lowest BCUT2D eigenvalue weighted by atomic mass is 10.2. The minimum atomic E-state index is 0.543. The summed E-state index contributed by atoms with van der Waals surface area (Å²) in [4.78, 5) is 4.27. The number of nitrogens with two attached hydrogens (primary N) is 1. The highest BCUT2D eigenvalue weighted by atomic mass is 32.2. The third-order valence-electron chi connectivity index (χ3n) is 2.97. The van der Waals surface area contributed by atoms with E-state index >= 15 is 0 Å². The van der Waals surface area contributed by atoms with Gasteiger partial charge < -0.3 is 11.1 Å². The van der Waals surface area contributed by atoms with E-state index in [9.17, 15) is 0 Å². The van der Waals surface area contributed by atoms with Gasteiger partial charge in [-0.3, -0.25) is 0 Å². The monoisotopic (exact) mass is 237 g/mol. The van der Waals surface area contributed by atoms with Crippen molar-refractivity contribution >= 4 is 23.3 Å². The summed E-state index contributed by atoms with van der Waals surface area (Å²) in [6, 6.07) is 4.30. The van der Waals surface area contributed by atoms with Crippen molar-refractivity contribution in [3.63, 3.8) is 0 Å². The molecule has 0 radical (unpaired) electrons. The van der Waals surface area contributed by atoms with E-state index in [-0.39, 0.29) is 0 Å². The van der Waals surface area contributed by atoms with Gasteiger partial charge in [0.1, 0.15) is 5.82 Å². The highest BCUT2D eigenvalue weighted by Gasteiger charge is 2.24. The van der Waals surface area contributed by atoms with Crippen molar-refractivity contribution in [1.82, 2.24) is 4.98 Å². The van der Waals surface area contributed by atoms with Crippen LogP contribution >= 0.6 is 11.8 Å². The zero-order valence-electron chi connectivity index (χ0n) is 9.65. The molecule has 1 aliphatic rings. The van der Waals surface area contributed by atoms with Crippen molar-refractivity contribution in [2.75, 3.05) is 16.8 Å². The molecule has 0 bridgehead atoms. The summed E-state index contributed by atoms with van der Waals surface area (Å²) < 4.78 is 0. The third kappa shape index (κ3) is 2.82. The van der Waals surface area contributed by atoms with E-state index in [0.717, 1.165) is 16.8 Å². The van der Waals surface area contributed by atoms with Crippen molar-refractivity contribution < 1.29 is 0 Å². The van der Waals surface area contributed by atoms with E-state index < -0.39 is 0 Å². The molecule has 16 heavy (non-hydrogen) atoms. The second-order valence-electron chi connectivity index (χ2n) is 4.17. The number of aromatic nitrogens is 1. The minimum absolute atomic E-state index is 0.543. The molecule has 3 N–H and O–H groups in total. The molecule has 3 nitrogen and oxygen atoms in total. The lowest BCUT2D eigenvalue weighted by Gasteiger charge is -2.14. The van der Waals surface area contributed by atoms with E-state index in [2.05, 4.69) is 29.0 Å². The largest absolute Gasteiger partial charge is 0.396 e. The summed E-state index contributed by atoms with van der Waals surface area (Å²) in [5.74, 6) is 2.05. The average Bonchev–Trinajstić information content (AvgIpc) is 2.70. The quantitative estimate of drug-likeness (QED) is 0.845. The lowest BCUT2D eigenvalue weighted by molar-refractivity contribution is 0.752. The van der Waals surface area contributed by atoms with Crippen LogP contribution in [0.25, 0.3) is 0 Å². The Bertz CT molecular complexity index is 343. The molecule has 1 aliphatic carbocycles. The molecule has 1 aromatic rings. The molecule has 0 spiro atoms. The van der Waals surface area contributed by atoms with Gasteiger partial charge in [0.05, 0.1) is 5.69 Å². The standard InChI is InChI=1S/C12H19N3S/c1-2-16-10-6-5-9(8-10)15-12-11(13)4-3-7-14-12/h3-4,7,9-10H,2,5-6,8,13H2,1H3,(H,14,15). The van der Waals surface area contributed by atoms with Gasteiger partial charge in [-0.15, -0.1) is 0 Å². The fourth-order valence-electron chi connectivity index (χ4n) is 2.19. The zero-order valence-corrected chi connectivity index (χ0v) is 10.5. The third-order valence-corrected chi connectivity index (χ3v) is 4.20. The van der Waals surface area contributed by atoms with Crippen LogP contribution in [0.5, 0.6) is 0 Å². The summed E-state index contributed by atoms with van der Waals surface area (Å²) in [6.45, 7) is 2.22. The molecule has 0 amide bonds. The number of nitrogen functional groups attached to an aromatic ring is 1. The summed E-state index contributed by atoms with van der Waals surface area (Å²) >= 11 is 2.07. The first kappa shape index (κ1) is 11.6. The van der Waals surface area contributed by atoms with Crippen LogP contribution in [0.1, 0.15) is 26.2 Å².